The molecule has 152 valence electrons. The van der Waals surface area contributed by atoms with Crippen molar-refractivity contribution >= 4 is 18.3 Å². The van der Waals surface area contributed by atoms with E-state index in [9.17, 15) is 4.79 Å². The average molecular weight is 403 g/mol. The molecule has 1 heterocycles. The number of benzene rings is 2. The molecule has 1 amide bonds. The monoisotopic (exact) mass is 402 g/mol. The molecule has 0 aromatic heterocycles. The van der Waals surface area contributed by atoms with E-state index in [1.807, 2.05) is 12.1 Å². The standard InChI is InChI=1S/C23H30N2O2.ClH/c1-17(21-4-3-13-24-16-21)14-23(26)25-15-18-5-7-19(8-6-18)20-9-11-22(27-2)12-10-20;/h5-12,17,21,24H,3-4,13-16H2,1-2H3,(H,25,26);1H. The van der Waals surface area contributed by atoms with Gasteiger partial charge in [-0.05, 0) is 66.6 Å². The number of rotatable bonds is 7. The topological polar surface area (TPSA) is 50.4 Å². The van der Waals surface area contributed by atoms with Gasteiger partial charge in [0.05, 0.1) is 7.11 Å². The van der Waals surface area contributed by atoms with Crippen LogP contribution in [-0.2, 0) is 11.3 Å². The van der Waals surface area contributed by atoms with Crippen molar-refractivity contribution < 1.29 is 9.53 Å². The molecule has 0 spiro atoms. The summed E-state index contributed by atoms with van der Waals surface area (Å²) in [5.74, 6) is 2.05. The summed E-state index contributed by atoms with van der Waals surface area (Å²) in [7, 11) is 1.67. The van der Waals surface area contributed by atoms with Crippen molar-refractivity contribution in [2.75, 3.05) is 20.2 Å². The van der Waals surface area contributed by atoms with Gasteiger partial charge in [0.25, 0.3) is 0 Å². The molecule has 1 aliphatic heterocycles. The van der Waals surface area contributed by atoms with Gasteiger partial charge in [0.1, 0.15) is 5.75 Å². The molecule has 4 nitrogen and oxygen atoms in total. The van der Waals surface area contributed by atoms with Crippen molar-refractivity contribution in [2.24, 2.45) is 11.8 Å². The van der Waals surface area contributed by atoms with Crippen LogP contribution in [0.5, 0.6) is 5.75 Å². The highest BCUT2D eigenvalue weighted by Crippen LogP contribution is 2.24. The first-order chi connectivity index (χ1) is 13.2. The highest BCUT2D eigenvalue weighted by Gasteiger charge is 2.21. The Hall–Kier alpha value is -2.04. The van der Waals surface area contributed by atoms with Crippen LogP contribution in [0.15, 0.2) is 48.5 Å². The van der Waals surface area contributed by atoms with Gasteiger partial charge in [0, 0.05) is 13.0 Å². The lowest BCUT2D eigenvalue weighted by molar-refractivity contribution is -0.122. The molecule has 1 aliphatic rings. The minimum Gasteiger partial charge on any atom is -0.497 e. The fourth-order valence-corrected chi connectivity index (χ4v) is 3.69. The summed E-state index contributed by atoms with van der Waals surface area (Å²) < 4.78 is 5.20. The maximum absolute atomic E-state index is 12.3. The van der Waals surface area contributed by atoms with E-state index in [-0.39, 0.29) is 18.3 Å². The van der Waals surface area contributed by atoms with Gasteiger partial charge < -0.3 is 15.4 Å². The zero-order chi connectivity index (χ0) is 19.1. The second kappa shape index (κ2) is 11.1. The van der Waals surface area contributed by atoms with E-state index < -0.39 is 0 Å². The van der Waals surface area contributed by atoms with Crippen molar-refractivity contribution in [1.29, 1.82) is 0 Å². The van der Waals surface area contributed by atoms with Crippen LogP contribution in [0.1, 0.15) is 31.7 Å². The fraction of sp³-hybridized carbons (Fsp3) is 0.435. The lowest BCUT2D eigenvalue weighted by atomic mass is 9.85. The maximum Gasteiger partial charge on any atom is 0.220 e. The van der Waals surface area contributed by atoms with Crippen molar-refractivity contribution in [3.8, 4) is 16.9 Å². The number of hydrogen-bond donors (Lipinski definition) is 2. The highest BCUT2D eigenvalue weighted by molar-refractivity contribution is 5.85. The van der Waals surface area contributed by atoms with Gasteiger partial charge in [-0.1, -0.05) is 43.3 Å². The molecular weight excluding hydrogens is 372 g/mol. The summed E-state index contributed by atoms with van der Waals surface area (Å²) in [6, 6.07) is 16.4. The summed E-state index contributed by atoms with van der Waals surface area (Å²) in [6.07, 6.45) is 3.06. The van der Waals surface area contributed by atoms with E-state index in [1.54, 1.807) is 7.11 Å². The number of nitrogens with one attached hydrogen (secondary N) is 2. The Kier molecular flexibility index (Phi) is 8.81. The van der Waals surface area contributed by atoms with Gasteiger partial charge in [-0.15, -0.1) is 12.4 Å². The number of carbonyl (C=O) groups excluding carboxylic acids is 1. The molecule has 28 heavy (non-hydrogen) atoms. The van der Waals surface area contributed by atoms with E-state index in [2.05, 4.69) is 54.0 Å². The number of piperidine rings is 1. The molecule has 5 heteroatoms. The average Bonchev–Trinajstić information content (AvgIpc) is 2.73. The summed E-state index contributed by atoms with van der Waals surface area (Å²) in [5.41, 5.74) is 3.43. The molecule has 2 atom stereocenters. The van der Waals surface area contributed by atoms with E-state index in [1.165, 1.54) is 12.8 Å². The van der Waals surface area contributed by atoms with E-state index in [0.717, 1.165) is 35.5 Å². The molecule has 1 fully saturated rings. The normalized spacial score (nSPS) is 17.3. The van der Waals surface area contributed by atoms with E-state index in [4.69, 9.17) is 4.74 Å². The minimum atomic E-state index is 0. The van der Waals surface area contributed by atoms with Gasteiger partial charge in [0.15, 0.2) is 0 Å². The van der Waals surface area contributed by atoms with Crippen LogP contribution in [0.25, 0.3) is 11.1 Å². The van der Waals surface area contributed by atoms with Gasteiger partial charge >= 0.3 is 0 Å². The number of amides is 1. The molecule has 2 unspecified atom stereocenters. The zero-order valence-electron chi connectivity index (χ0n) is 16.7. The summed E-state index contributed by atoms with van der Waals surface area (Å²) in [5, 5.41) is 6.50. The third-order valence-electron chi connectivity index (χ3n) is 5.51. The lowest BCUT2D eigenvalue weighted by Crippen LogP contribution is -2.35. The first kappa shape index (κ1) is 22.3. The molecule has 2 aromatic rings. The Morgan fingerprint density at radius 3 is 2.36 bits per heavy atom. The molecular formula is C23H31ClN2O2. The van der Waals surface area contributed by atoms with Gasteiger partial charge in [-0.3, -0.25) is 4.79 Å². The smallest absolute Gasteiger partial charge is 0.220 e. The van der Waals surface area contributed by atoms with Gasteiger partial charge in [0.2, 0.25) is 5.91 Å². The molecule has 2 aromatic carbocycles. The lowest BCUT2D eigenvalue weighted by Gasteiger charge is -2.28. The molecule has 2 N–H and O–H groups in total. The van der Waals surface area contributed by atoms with Crippen LogP contribution in [0.2, 0.25) is 0 Å². The number of ether oxygens (including phenoxy) is 1. The zero-order valence-corrected chi connectivity index (χ0v) is 17.6. The minimum absolute atomic E-state index is 0. The first-order valence-corrected chi connectivity index (χ1v) is 9.86. The largest absolute Gasteiger partial charge is 0.497 e. The van der Waals surface area contributed by atoms with Crippen LogP contribution >= 0.6 is 12.4 Å². The first-order valence-electron chi connectivity index (χ1n) is 9.86. The Bertz CT molecular complexity index is 725. The number of methoxy groups -OCH3 is 1. The van der Waals surface area contributed by atoms with E-state index >= 15 is 0 Å². The summed E-state index contributed by atoms with van der Waals surface area (Å²) in [6.45, 7) is 4.93. The molecule has 0 saturated carbocycles. The molecule has 0 radical (unpaired) electrons. The number of hydrogen-bond acceptors (Lipinski definition) is 3. The van der Waals surface area contributed by atoms with Crippen molar-refractivity contribution in [3.63, 3.8) is 0 Å². The fourth-order valence-electron chi connectivity index (χ4n) is 3.69. The van der Waals surface area contributed by atoms with Crippen molar-refractivity contribution in [1.82, 2.24) is 10.6 Å². The Labute approximate surface area is 174 Å². The molecule has 0 aliphatic carbocycles. The Morgan fingerprint density at radius 2 is 1.79 bits per heavy atom. The van der Waals surface area contributed by atoms with Crippen LogP contribution in [0.3, 0.4) is 0 Å². The Morgan fingerprint density at radius 1 is 1.14 bits per heavy atom. The quantitative estimate of drug-likeness (QED) is 0.720. The molecule has 3 rings (SSSR count). The van der Waals surface area contributed by atoms with Crippen molar-refractivity contribution in [2.45, 2.75) is 32.7 Å². The van der Waals surface area contributed by atoms with Gasteiger partial charge in [-0.2, -0.15) is 0 Å². The molecule has 0 bridgehead atoms. The number of halogens is 1. The third kappa shape index (κ3) is 6.25. The van der Waals surface area contributed by atoms with Crippen LogP contribution in [-0.4, -0.2) is 26.1 Å². The SMILES string of the molecule is COc1ccc(-c2ccc(CNC(=O)CC(C)C3CCCNC3)cc2)cc1.Cl. The van der Waals surface area contributed by atoms with Gasteiger partial charge in [-0.25, -0.2) is 0 Å². The maximum atomic E-state index is 12.3. The van der Waals surface area contributed by atoms with E-state index in [0.29, 0.717) is 24.8 Å². The third-order valence-corrected chi connectivity index (χ3v) is 5.51. The van der Waals surface area contributed by atoms with Crippen LogP contribution in [0.4, 0.5) is 0 Å². The van der Waals surface area contributed by atoms with Crippen LogP contribution in [0, 0.1) is 11.8 Å². The number of carbonyl (C=O) groups is 1. The second-order valence-corrected chi connectivity index (χ2v) is 7.49. The second-order valence-electron chi connectivity index (χ2n) is 7.49. The predicted octanol–water partition coefficient (Wildman–Crippen LogP) is 4.43. The highest BCUT2D eigenvalue weighted by atomic mass is 35.5. The summed E-state index contributed by atoms with van der Waals surface area (Å²) in [4.78, 5) is 12.3. The summed E-state index contributed by atoms with van der Waals surface area (Å²) >= 11 is 0. The Balaban J connectivity index is 0.00000280. The predicted molar refractivity (Wildman–Crippen MR) is 117 cm³/mol. The van der Waals surface area contributed by atoms with Crippen molar-refractivity contribution in [3.05, 3.63) is 54.1 Å². The molecule has 1 saturated heterocycles. The van der Waals surface area contributed by atoms with Crippen LogP contribution < -0.4 is 15.4 Å².